The van der Waals surface area contributed by atoms with Crippen LogP contribution in [0.25, 0.3) is 0 Å². The molecule has 0 radical (unpaired) electrons. The monoisotopic (exact) mass is 488 g/mol. The van der Waals surface area contributed by atoms with Gasteiger partial charge in [0.05, 0.1) is 21.1 Å². The lowest BCUT2D eigenvalue weighted by atomic mass is 10.0. The molecule has 196 valence electrons. The van der Waals surface area contributed by atoms with Crippen LogP contribution >= 0.6 is 7.82 Å². The van der Waals surface area contributed by atoms with Crippen LogP contribution < -0.4 is 0 Å². The maximum Gasteiger partial charge on any atom is 0.524 e. The molecule has 0 atom stereocenters. The first-order valence-corrected chi connectivity index (χ1v) is 15.1. The number of allylic oxidation sites excluding steroid dienone is 3. The standard InChI is InChI=1S/C27H54NO4P/c1-5-6-7-8-9-10-11-12-13-14-15-16-17-18-19-20-21-22-23-24-25-27(26-28(2,3)4)32-33(29,30)31/h12-13,26H,5-11,14-25H2,1-4H3,(H-,29,30,31)/p+1/b13-12-,27-26?. The van der Waals surface area contributed by atoms with Crippen molar-refractivity contribution in [2.24, 2.45) is 0 Å². The lowest BCUT2D eigenvalue weighted by molar-refractivity contribution is -0.818. The Hall–Kier alpha value is -0.610. The zero-order valence-corrected chi connectivity index (χ0v) is 23.2. The fourth-order valence-electron chi connectivity index (χ4n) is 3.97. The molecule has 0 aromatic carbocycles. The number of nitrogens with zero attached hydrogens (tertiary/aromatic N) is 1. The molecular formula is C27H55NO4P+. The molecule has 0 rings (SSSR count). The first kappa shape index (κ1) is 32.4. The molecule has 0 aromatic rings. The van der Waals surface area contributed by atoms with E-state index >= 15 is 0 Å². The van der Waals surface area contributed by atoms with E-state index < -0.39 is 7.82 Å². The number of phosphoric ester groups is 1. The summed E-state index contributed by atoms with van der Waals surface area (Å²) >= 11 is 0. The van der Waals surface area contributed by atoms with Gasteiger partial charge in [0.1, 0.15) is 6.20 Å². The maximum absolute atomic E-state index is 11.2. The van der Waals surface area contributed by atoms with E-state index in [0.717, 1.165) is 12.8 Å². The lowest BCUT2D eigenvalue weighted by Gasteiger charge is -2.20. The van der Waals surface area contributed by atoms with E-state index in [0.29, 0.717) is 16.7 Å². The molecule has 0 saturated heterocycles. The summed E-state index contributed by atoms with van der Waals surface area (Å²) in [5.41, 5.74) is 0. The second-order valence-corrected chi connectivity index (χ2v) is 11.6. The quantitative estimate of drug-likeness (QED) is 0.0496. The van der Waals surface area contributed by atoms with Gasteiger partial charge in [0.15, 0.2) is 5.76 Å². The van der Waals surface area contributed by atoms with Gasteiger partial charge in [-0.15, -0.1) is 0 Å². The highest BCUT2D eigenvalue weighted by atomic mass is 31.2. The smallest absolute Gasteiger partial charge is 0.403 e. The van der Waals surface area contributed by atoms with Crippen molar-refractivity contribution in [2.75, 3.05) is 21.1 Å². The van der Waals surface area contributed by atoms with Crippen molar-refractivity contribution in [1.82, 2.24) is 0 Å². The summed E-state index contributed by atoms with van der Waals surface area (Å²) in [4.78, 5) is 18.2. The van der Waals surface area contributed by atoms with E-state index in [9.17, 15) is 4.57 Å². The zero-order chi connectivity index (χ0) is 24.8. The minimum absolute atomic E-state index is 0.396. The molecule has 33 heavy (non-hydrogen) atoms. The van der Waals surface area contributed by atoms with Crippen LogP contribution in [-0.4, -0.2) is 35.4 Å². The molecule has 2 N–H and O–H groups in total. The van der Waals surface area contributed by atoms with Gasteiger partial charge in [0.2, 0.25) is 0 Å². The highest BCUT2D eigenvalue weighted by molar-refractivity contribution is 7.46. The predicted octanol–water partition coefficient (Wildman–Crippen LogP) is 8.63. The third-order valence-corrected chi connectivity index (χ3v) is 6.17. The van der Waals surface area contributed by atoms with Gasteiger partial charge in [-0.1, -0.05) is 103 Å². The van der Waals surface area contributed by atoms with E-state index in [1.165, 1.54) is 103 Å². The van der Waals surface area contributed by atoms with Crippen molar-refractivity contribution in [3.05, 3.63) is 24.1 Å². The number of hydrogen-bond donors (Lipinski definition) is 2. The number of quaternary nitrogens is 1. The van der Waals surface area contributed by atoms with Gasteiger partial charge in [-0.25, -0.2) is 4.57 Å². The number of hydrogen-bond acceptors (Lipinski definition) is 2. The first-order chi connectivity index (χ1) is 15.6. The second-order valence-electron chi connectivity index (χ2n) is 10.4. The normalized spacial score (nSPS) is 13.2. The molecule has 0 spiro atoms. The molecule has 0 fully saturated rings. The Bertz CT molecular complexity index is 549. The fourth-order valence-corrected chi connectivity index (χ4v) is 4.42. The highest BCUT2D eigenvalue weighted by Crippen LogP contribution is 2.40. The summed E-state index contributed by atoms with van der Waals surface area (Å²) in [5.74, 6) is 0.396. The Morgan fingerprint density at radius 3 is 1.48 bits per heavy atom. The van der Waals surface area contributed by atoms with Crippen LogP contribution in [-0.2, 0) is 9.09 Å². The van der Waals surface area contributed by atoms with Gasteiger partial charge in [-0.3, -0.25) is 9.79 Å². The molecule has 0 unspecified atom stereocenters. The van der Waals surface area contributed by atoms with Gasteiger partial charge < -0.3 is 9.01 Å². The van der Waals surface area contributed by atoms with E-state index in [1.54, 1.807) is 6.20 Å². The maximum atomic E-state index is 11.2. The van der Waals surface area contributed by atoms with Gasteiger partial charge >= 0.3 is 7.82 Å². The van der Waals surface area contributed by atoms with Crippen molar-refractivity contribution in [3.63, 3.8) is 0 Å². The van der Waals surface area contributed by atoms with Crippen molar-refractivity contribution in [1.29, 1.82) is 0 Å². The van der Waals surface area contributed by atoms with Crippen LogP contribution in [0, 0.1) is 0 Å². The van der Waals surface area contributed by atoms with Crippen LogP contribution in [0.5, 0.6) is 0 Å². The Balaban J connectivity index is 3.52. The van der Waals surface area contributed by atoms with Crippen molar-refractivity contribution >= 4 is 7.82 Å². The lowest BCUT2D eigenvalue weighted by Crippen LogP contribution is -2.27. The summed E-state index contributed by atoms with van der Waals surface area (Å²) in [6.45, 7) is 2.27. The third kappa shape index (κ3) is 27.5. The second kappa shape index (κ2) is 20.7. The molecule has 0 aliphatic heterocycles. The van der Waals surface area contributed by atoms with Gasteiger partial charge in [-0.2, -0.15) is 0 Å². The minimum atomic E-state index is -4.49. The molecule has 0 aromatic heterocycles. The summed E-state index contributed by atoms with van der Waals surface area (Å²) in [5, 5.41) is 0. The molecule has 5 nitrogen and oxygen atoms in total. The largest absolute Gasteiger partial charge is 0.524 e. The first-order valence-electron chi connectivity index (χ1n) is 13.6. The summed E-state index contributed by atoms with van der Waals surface area (Å²) < 4.78 is 16.5. The number of phosphoric acid groups is 1. The average molecular weight is 489 g/mol. The molecule has 0 aliphatic rings. The molecule has 6 heteroatoms. The van der Waals surface area contributed by atoms with E-state index in [1.807, 2.05) is 21.1 Å². The summed E-state index contributed by atoms with van der Waals surface area (Å²) in [6, 6.07) is 0. The molecular weight excluding hydrogens is 433 g/mol. The molecule has 0 saturated carbocycles. The van der Waals surface area contributed by atoms with Crippen molar-refractivity contribution in [3.8, 4) is 0 Å². The molecule has 0 amide bonds. The van der Waals surface area contributed by atoms with Crippen molar-refractivity contribution < 1.29 is 23.4 Å². The molecule has 0 bridgehead atoms. The van der Waals surface area contributed by atoms with Crippen LogP contribution in [0.15, 0.2) is 24.1 Å². The fraction of sp³-hybridized carbons (Fsp3) is 0.852. The summed E-state index contributed by atoms with van der Waals surface area (Å²) in [6.07, 6.45) is 30.3. The minimum Gasteiger partial charge on any atom is -0.403 e. The van der Waals surface area contributed by atoms with Crippen LogP contribution in [0.1, 0.15) is 129 Å². The predicted molar refractivity (Wildman–Crippen MR) is 142 cm³/mol. The summed E-state index contributed by atoms with van der Waals surface area (Å²) in [7, 11) is 1.34. The SMILES string of the molecule is CCCCCCCC/C=C\CCCCCCCCCCCCC(=C[N+](C)(C)C)OP(=O)(O)O. The number of rotatable bonds is 23. The molecule has 0 heterocycles. The number of unbranched alkanes of at least 4 members (excludes halogenated alkanes) is 16. The van der Waals surface area contributed by atoms with E-state index in [4.69, 9.17) is 14.3 Å². The van der Waals surface area contributed by atoms with Crippen LogP contribution in [0.3, 0.4) is 0 Å². The Kier molecular flexibility index (Phi) is 20.4. The zero-order valence-electron chi connectivity index (χ0n) is 22.3. The Labute approximate surface area is 205 Å². The molecule has 0 aliphatic carbocycles. The highest BCUT2D eigenvalue weighted by Gasteiger charge is 2.20. The van der Waals surface area contributed by atoms with Gasteiger partial charge in [-0.05, 0) is 32.1 Å². The van der Waals surface area contributed by atoms with Gasteiger partial charge in [0, 0.05) is 6.42 Å². The average Bonchev–Trinajstić information content (AvgIpc) is 2.70. The van der Waals surface area contributed by atoms with Crippen LogP contribution in [0.2, 0.25) is 0 Å². The van der Waals surface area contributed by atoms with Crippen LogP contribution in [0.4, 0.5) is 0 Å². The topological polar surface area (TPSA) is 66.8 Å². The third-order valence-electron chi connectivity index (χ3n) is 5.70. The van der Waals surface area contributed by atoms with E-state index in [2.05, 4.69) is 19.1 Å². The van der Waals surface area contributed by atoms with E-state index in [-0.39, 0.29) is 0 Å². The Morgan fingerprint density at radius 1 is 0.697 bits per heavy atom. The Morgan fingerprint density at radius 2 is 1.09 bits per heavy atom. The van der Waals surface area contributed by atoms with Gasteiger partial charge in [0.25, 0.3) is 0 Å². The van der Waals surface area contributed by atoms with Crippen molar-refractivity contribution in [2.45, 2.75) is 129 Å².